The second-order valence-corrected chi connectivity index (χ2v) is 26.9. The van der Waals surface area contributed by atoms with Crippen LogP contribution >= 0.6 is 46.4 Å². The van der Waals surface area contributed by atoms with E-state index in [1.165, 1.54) is 0 Å². The molecule has 10 aromatic rings. The topological polar surface area (TPSA) is 83.1 Å². The van der Waals surface area contributed by atoms with Crippen molar-refractivity contribution in [3.63, 3.8) is 0 Å². The Kier molecular flexibility index (Phi) is 28.1. The van der Waals surface area contributed by atoms with Crippen LogP contribution in [0.1, 0.15) is 0 Å². The molecule has 0 aliphatic heterocycles. The molecule has 0 saturated heterocycles. The standard InChI is InChI=1S/C48H51O9Se.C24BCl4F16/c1-4-16-40(17-5-1)52-34-28-49-31-37-55-43-22-10-13-25-46(43)58(47-26-14-11-23-44(47)56-38-32-50-29-35-53-41-18-6-2-7-19-41)48-27-15-12-24-45(48)57-39-33-51-30-36-54-42-20-8-3-9-21-42;26-5-1(9(30)17(38)21(42)13(5)34)25(2-6(27)14(35)22(43)18(39)10(2)31,3-7(28)15(36)23(44)19(40)11(3)32)4-8(29)16(37)24(45)20(41)12(4)33/h1-27H,28-39H2;/q+1;-1. The van der Waals surface area contributed by atoms with Gasteiger partial charge < -0.3 is 0 Å². The van der Waals surface area contributed by atoms with Gasteiger partial charge in [-0.1, -0.05) is 64.6 Å². The first-order valence-electron chi connectivity index (χ1n) is 30.4. The van der Waals surface area contributed by atoms with Gasteiger partial charge >= 0.3 is 329 Å². The van der Waals surface area contributed by atoms with Gasteiger partial charge in [-0.25, -0.2) is 70.2 Å². The van der Waals surface area contributed by atoms with E-state index in [1.807, 2.05) is 127 Å². The van der Waals surface area contributed by atoms with E-state index < -0.39 is 155 Å². The summed E-state index contributed by atoms with van der Waals surface area (Å²) in [7, 11) is 0. The fourth-order valence-electron chi connectivity index (χ4n) is 10.6. The SMILES string of the molecule is Fc1c(F)c(F)c([B-](c2c(F)c(F)c(F)c(F)c2Cl)(c2c(F)c(F)c(F)c(F)c2Cl)c2c(F)c(F)c(F)c(F)c2Cl)c(Cl)c1F.c1ccc(OCCOCCOc2ccccc2[Se+](c2ccccc2OCCOCCOc2ccccc2)c2ccccc2OCCOCCOc2ccccc2)cc1. The summed E-state index contributed by atoms with van der Waals surface area (Å²) in [6.45, 7) is 5.16. The van der Waals surface area contributed by atoms with E-state index in [-0.39, 0.29) is 0 Å². The fraction of sp³-hybridized carbons (Fsp3) is 0.167. The molecular formula is C72H51BCl4F16O9Se. The minimum absolute atomic E-state index is 0.383. The molecule has 542 valence electrons. The molecule has 0 radical (unpaired) electrons. The van der Waals surface area contributed by atoms with Crippen LogP contribution in [-0.4, -0.2) is 99.3 Å². The third-order valence-corrected chi connectivity index (χ3v) is 21.5. The second kappa shape index (κ2) is 36.8. The van der Waals surface area contributed by atoms with Gasteiger partial charge in [0.1, 0.15) is 29.4 Å². The van der Waals surface area contributed by atoms with Crippen molar-refractivity contribution in [2.75, 3.05) is 79.3 Å². The van der Waals surface area contributed by atoms with Crippen molar-refractivity contribution >= 4 is 102 Å². The molecule has 0 aliphatic rings. The van der Waals surface area contributed by atoms with Crippen molar-refractivity contribution < 1.29 is 113 Å². The molecule has 0 atom stereocenters. The van der Waals surface area contributed by atoms with Gasteiger partial charge in [0.25, 0.3) is 0 Å². The monoisotopic (exact) mass is 1590 g/mol. The van der Waals surface area contributed by atoms with Crippen molar-refractivity contribution in [1.29, 1.82) is 0 Å². The zero-order chi connectivity index (χ0) is 74.1. The van der Waals surface area contributed by atoms with E-state index >= 15 is 17.6 Å². The number of para-hydroxylation sites is 6. The Balaban J connectivity index is 0.000000247. The average molecular weight is 1600 g/mol. The molecule has 0 aromatic heterocycles. The number of hydrogen-bond acceptors (Lipinski definition) is 9. The van der Waals surface area contributed by atoms with E-state index in [0.29, 0.717) is 79.3 Å². The van der Waals surface area contributed by atoms with Gasteiger partial charge in [0, 0.05) is 20.1 Å². The maximum atomic E-state index is 15.8. The van der Waals surface area contributed by atoms with Gasteiger partial charge in [0.15, 0.2) is 69.8 Å². The van der Waals surface area contributed by atoms with E-state index in [0.717, 1.165) is 47.9 Å². The Morgan fingerprint density at radius 3 is 0.650 bits per heavy atom. The number of hydrogen-bond donors (Lipinski definition) is 0. The van der Waals surface area contributed by atoms with Crippen molar-refractivity contribution in [2.45, 2.75) is 0 Å². The van der Waals surface area contributed by atoms with Gasteiger partial charge in [-0.2, -0.15) is 0 Å². The molecule has 9 nitrogen and oxygen atoms in total. The summed E-state index contributed by atoms with van der Waals surface area (Å²) in [4.78, 5) is 0. The first-order valence-corrected chi connectivity index (χ1v) is 34.5. The second-order valence-electron chi connectivity index (χ2n) is 21.3. The van der Waals surface area contributed by atoms with Crippen LogP contribution in [0.4, 0.5) is 70.2 Å². The third kappa shape index (κ3) is 17.7. The quantitative estimate of drug-likeness (QED) is 0.0139. The Labute approximate surface area is 601 Å². The number of halogens is 20. The van der Waals surface area contributed by atoms with Crippen LogP contribution in [-0.2, 0) is 14.2 Å². The van der Waals surface area contributed by atoms with Crippen molar-refractivity contribution in [3.05, 3.63) is 277 Å². The number of ether oxygens (including phenoxy) is 9. The first kappa shape index (κ1) is 78.6. The molecule has 0 unspecified atom stereocenters. The third-order valence-electron chi connectivity index (χ3n) is 15.1. The molecule has 103 heavy (non-hydrogen) atoms. The molecular weight excluding hydrogens is 1540 g/mol. The fourth-order valence-corrected chi connectivity index (χ4v) is 16.8. The number of benzene rings is 10. The summed E-state index contributed by atoms with van der Waals surface area (Å²) in [5.41, 5.74) is -10.7. The molecule has 0 saturated carbocycles. The summed E-state index contributed by atoms with van der Waals surface area (Å²) in [5.74, 6) is -43.5. The van der Waals surface area contributed by atoms with E-state index in [9.17, 15) is 52.7 Å². The number of rotatable bonds is 31. The summed E-state index contributed by atoms with van der Waals surface area (Å²) >= 11 is 20.2. The molecule has 0 heterocycles. The van der Waals surface area contributed by atoms with Gasteiger partial charge in [-0.15, -0.1) is 21.9 Å². The Morgan fingerprint density at radius 1 is 0.223 bits per heavy atom. The van der Waals surface area contributed by atoms with Crippen molar-refractivity contribution in [2.24, 2.45) is 0 Å². The maximum absolute atomic E-state index is 15.8. The molecule has 0 N–H and O–H groups in total. The molecule has 31 heteroatoms. The molecule has 0 spiro atoms. The minimum atomic E-state index is -6.24. The predicted octanol–water partition coefficient (Wildman–Crippen LogP) is 14.5. The van der Waals surface area contributed by atoms with Gasteiger partial charge in [-0.05, 0) is 0 Å². The molecule has 0 amide bonds. The Morgan fingerprint density at radius 2 is 0.417 bits per heavy atom. The summed E-state index contributed by atoms with van der Waals surface area (Å²) in [5, 5.41) is -9.69. The van der Waals surface area contributed by atoms with Crippen LogP contribution in [0.3, 0.4) is 0 Å². The normalized spacial score (nSPS) is 11.4. The van der Waals surface area contributed by atoms with Crippen LogP contribution in [0.25, 0.3) is 0 Å². The average Bonchev–Trinajstić information content (AvgIpc) is 0.681. The van der Waals surface area contributed by atoms with E-state index in [4.69, 9.17) is 89.0 Å². The molecule has 0 aliphatic carbocycles. The van der Waals surface area contributed by atoms with Crippen molar-refractivity contribution in [3.8, 4) is 34.5 Å². The van der Waals surface area contributed by atoms with E-state index in [2.05, 4.69) is 36.4 Å². The van der Waals surface area contributed by atoms with Gasteiger partial charge in [0.05, 0.1) is 0 Å². The summed E-state index contributed by atoms with van der Waals surface area (Å²) in [6, 6.07) is 53.9. The van der Waals surface area contributed by atoms with Gasteiger partial charge in [-0.3, -0.25) is 0 Å². The van der Waals surface area contributed by atoms with Crippen LogP contribution < -0.4 is 63.7 Å². The van der Waals surface area contributed by atoms with Crippen molar-refractivity contribution in [1.82, 2.24) is 0 Å². The Hall–Kier alpha value is -8.50. The molecule has 10 rings (SSSR count). The Bertz CT molecular complexity index is 3960. The molecule has 10 aromatic carbocycles. The first-order chi connectivity index (χ1) is 49.6. The summed E-state index contributed by atoms with van der Waals surface area (Å²) in [6.07, 6.45) is -6.24. The zero-order valence-electron chi connectivity index (χ0n) is 52.8. The van der Waals surface area contributed by atoms with Crippen LogP contribution in [0.5, 0.6) is 34.5 Å². The predicted molar refractivity (Wildman–Crippen MR) is 358 cm³/mol. The van der Waals surface area contributed by atoms with Crippen LogP contribution in [0.15, 0.2) is 164 Å². The van der Waals surface area contributed by atoms with E-state index in [1.54, 1.807) is 0 Å². The van der Waals surface area contributed by atoms with Crippen LogP contribution in [0, 0.1) is 93.1 Å². The zero-order valence-corrected chi connectivity index (χ0v) is 57.5. The van der Waals surface area contributed by atoms with Crippen LogP contribution in [0.2, 0.25) is 20.1 Å². The molecule has 0 fully saturated rings. The summed E-state index contributed by atoms with van der Waals surface area (Å²) < 4.78 is 296. The van der Waals surface area contributed by atoms with Gasteiger partial charge in [0.2, 0.25) is 0 Å². The molecule has 0 bridgehead atoms.